The number of amides is 3. The molecule has 3 aromatic rings. The van der Waals surface area contributed by atoms with Gasteiger partial charge in [0.05, 0.1) is 22.4 Å². The molecule has 0 saturated carbocycles. The van der Waals surface area contributed by atoms with Gasteiger partial charge in [0.1, 0.15) is 0 Å². The Morgan fingerprint density at radius 2 is 1.48 bits per heavy atom. The van der Waals surface area contributed by atoms with E-state index in [9.17, 15) is 27.6 Å². The van der Waals surface area contributed by atoms with Crippen molar-refractivity contribution in [2.45, 2.75) is 12.7 Å². The van der Waals surface area contributed by atoms with E-state index in [-0.39, 0.29) is 28.9 Å². The predicted molar refractivity (Wildman–Crippen MR) is 107 cm³/mol. The third kappa shape index (κ3) is 3.92. The quantitative estimate of drug-likeness (QED) is 0.630. The standard InChI is InChI=1S/C23H15F3N2O3/c24-23(25,26)16-7-3-5-14(11-16)13-27-20(29)15-6-4-8-17(12-15)28-21(30)18-9-1-2-10-19(18)22(28)31/h1-12H,13H2,(H,27,29). The van der Waals surface area contributed by atoms with Gasteiger partial charge >= 0.3 is 6.18 Å². The van der Waals surface area contributed by atoms with E-state index >= 15 is 0 Å². The lowest BCUT2D eigenvalue weighted by atomic mass is 10.1. The number of carbonyl (C=O) groups excluding carboxylic acids is 3. The largest absolute Gasteiger partial charge is 0.416 e. The molecular weight excluding hydrogens is 409 g/mol. The molecule has 4 rings (SSSR count). The van der Waals surface area contributed by atoms with Crippen LogP contribution in [0.4, 0.5) is 18.9 Å². The van der Waals surface area contributed by atoms with Crippen molar-refractivity contribution in [3.05, 3.63) is 101 Å². The SMILES string of the molecule is O=C(NCc1cccc(C(F)(F)F)c1)c1cccc(N2C(=O)c3ccccc3C2=O)c1. The van der Waals surface area contributed by atoms with Crippen LogP contribution in [0.2, 0.25) is 0 Å². The summed E-state index contributed by atoms with van der Waals surface area (Å²) in [6.07, 6.45) is -4.47. The predicted octanol–water partition coefficient (Wildman–Crippen LogP) is 4.44. The van der Waals surface area contributed by atoms with Gasteiger partial charge in [0.2, 0.25) is 0 Å². The van der Waals surface area contributed by atoms with Gasteiger partial charge in [-0.05, 0) is 48.0 Å². The van der Waals surface area contributed by atoms with Gasteiger partial charge in [-0.25, -0.2) is 4.90 Å². The van der Waals surface area contributed by atoms with Gasteiger partial charge in [0.25, 0.3) is 17.7 Å². The minimum atomic E-state index is -4.47. The smallest absolute Gasteiger partial charge is 0.348 e. The number of rotatable bonds is 4. The topological polar surface area (TPSA) is 66.5 Å². The third-order valence-corrected chi connectivity index (χ3v) is 4.87. The van der Waals surface area contributed by atoms with Crippen LogP contribution in [-0.4, -0.2) is 17.7 Å². The van der Waals surface area contributed by atoms with E-state index in [2.05, 4.69) is 5.32 Å². The maximum absolute atomic E-state index is 12.8. The Balaban J connectivity index is 1.51. The van der Waals surface area contributed by atoms with Crippen LogP contribution in [0.15, 0.2) is 72.8 Å². The van der Waals surface area contributed by atoms with E-state index in [1.54, 1.807) is 24.3 Å². The molecule has 0 fully saturated rings. The molecule has 0 aliphatic carbocycles. The third-order valence-electron chi connectivity index (χ3n) is 4.87. The second kappa shape index (κ2) is 7.71. The highest BCUT2D eigenvalue weighted by Gasteiger charge is 2.36. The lowest BCUT2D eigenvalue weighted by molar-refractivity contribution is -0.137. The van der Waals surface area contributed by atoms with Gasteiger partial charge in [-0.1, -0.05) is 30.3 Å². The van der Waals surface area contributed by atoms with Crippen molar-refractivity contribution in [3.8, 4) is 0 Å². The number of hydrogen-bond donors (Lipinski definition) is 1. The first-order chi connectivity index (χ1) is 14.8. The highest BCUT2D eigenvalue weighted by atomic mass is 19.4. The number of benzene rings is 3. The summed E-state index contributed by atoms with van der Waals surface area (Å²) in [7, 11) is 0. The van der Waals surface area contributed by atoms with Crippen molar-refractivity contribution in [2.75, 3.05) is 4.90 Å². The van der Waals surface area contributed by atoms with Gasteiger partial charge < -0.3 is 5.32 Å². The fraction of sp³-hybridized carbons (Fsp3) is 0.0870. The number of halogens is 3. The summed E-state index contributed by atoms with van der Waals surface area (Å²) in [5.41, 5.74) is 0.462. The zero-order chi connectivity index (χ0) is 22.2. The molecule has 0 spiro atoms. The van der Waals surface area contributed by atoms with Crippen LogP contribution in [0.25, 0.3) is 0 Å². The number of fused-ring (bicyclic) bond motifs is 1. The molecule has 3 aromatic carbocycles. The molecule has 1 aliphatic heterocycles. The molecule has 0 saturated heterocycles. The van der Waals surface area contributed by atoms with E-state index in [0.29, 0.717) is 5.56 Å². The van der Waals surface area contributed by atoms with E-state index < -0.39 is 29.5 Å². The summed E-state index contributed by atoms with van der Waals surface area (Å²) >= 11 is 0. The second-order valence-electron chi connectivity index (χ2n) is 6.92. The Labute approximate surface area is 175 Å². The maximum Gasteiger partial charge on any atom is 0.416 e. The van der Waals surface area contributed by atoms with Gasteiger partial charge in [0, 0.05) is 12.1 Å². The van der Waals surface area contributed by atoms with Gasteiger partial charge in [-0.2, -0.15) is 13.2 Å². The monoisotopic (exact) mass is 424 g/mol. The Morgan fingerprint density at radius 1 is 0.839 bits per heavy atom. The van der Waals surface area contributed by atoms with Crippen LogP contribution in [0.3, 0.4) is 0 Å². The molecular formula is C23H15F3N2O3. The maximum atomic E-state index is 12.8. The molecule has 1 N–H and O–H groups in total. The van der Waals surface area contributed by atoms with Crippen LogP contribution in [-0.2, 0) is 12.7 Å². The summed E-state index contributed by atoms with van der Waals surface area (Å²) < 4.78 is 38.5. The number of nitrogens with one attached hydrogen (secondary N) is 1. The Hall–Kier alpha value is -3.94. The number of carbonyl (C=O) groups is 3. The van der Waals surface area contributed by atoms with Crippen LogP contribution >= 0.6 is 0 Å². The Kier molecular flexibility index (Phi) is 5.06. The number of nitrogens with zero attached hydrogens (tertiary/aromatic N) is 1. The highest BCUT2D eigenvalue weighted by Crippen LogP contribution is 2.30. The average Bonchev–Trinajstić information content (AvgIpc) is 3.02. The summed E-state index contributed by atoms with van der Waals surface area (Å²) in [4.78, 5) is 38.8. The Morgan fingerprint density at radius 3 is 2.13 bits per heavy atom. The second-order valence-corrected chi connectivity index (χ2v) is 6.92. The van der Waals surface area contributed by atoms with E-state index in [1.807, 2.05) is 0 Å². The van der Waals surface area contributed by atoms with E-state index in [1.165, 1.54) is 36.4 Å². The van der Waals surface area contributed by atoms with Crippen molar-refractivity contribution in [2.24, 2.45) is 0 Å². The van der Waals surface area contributed by atoms with Crippen molar-refractivity contribution in [1.82, 2.24) is 5.32 Å². The highest BCUT2D eigenvalue weighted by molar-refractivity contribution is 6.34. The first-order valence-electron chi connectivity index (χ1n) is 9.28. The summed E-state index contributed by atoms with van der Waals surface area (Å²) in [6.45, 7) is -0.111. The normalized spacial score (nSPS) is 13.3. The molecule has 0 unspecified atom stereocenters. The van der Waals surface area contributed by atoms with Gasteiger partial charge in [0.15, 0.2) is 0 Å². The van der Waals surface area contributed by atoms with Gasteiger partial charge in [-0.3, -0.25) is 14.4 Å². The molecule has 8 heteroatoms. The van der Waals surface area contributed by atoms with Crippen molar-refractivity contribution in [1.29, 1.82) is 0 Å². The minimum absolute atomic E-state index is 0.111. The number of alkyl halides is 3. The molecule has 3 amide bonds. The van der Waals surface area contributed by atoms with Crippen LogP contribution in [0, 0.1) is 0 Å². The molecule has 0 radical (unpaired) electrons. The van der Waals surface area contributed by atoms with E-state index in [4.69, 9.17) is 0 Å². The van der Waals surface area contributed by atoms with Crippen LogP contribution in [0.5, 0.6) is 0 Å². The summed E-state index contributed by atoms with van der Waals surface area (Å²) in [6, 6.07) is 17.0. The molecule has 156 valence electrons. The van der Waals surface area contributed by atoms with Crippen molar-refractivity contribution in [3.63, 3.8) is 0 Å². The molecule has 0 bridgehead atoms. The van der Waals surface area contributed by atoms with Crippen LogP contribution in [0.1, 0.15) is 42.2 Å². The average molecular weight is 424 g/mol. The zero-order valence-corrected chi connectivity index (χ0v) is 15.9. The van der Waals surface area contributed by atoms with Crippen LogP contribution < -0.4 is 10.2 Å². The summed E-state index contributed by atoms with van der Waals surface area (Å²) in [5.74, 6) is -1.51. The molecule has 31 heavy (non-hydrogen) atoms. The lowest BCUT2D eigenvalue weighted by Gasteiger charge is -2.15. The first kappa shape index (κ1) is 20.3. The van der Waals surface area contributed by atoms with Crippen molar-refractivity contribution < 1.29 is 27.6 Å². The molecule has 1 aliphatic rings. The Bertz CT molecular complexity index is 1170. The fourth-order valence-electron chi connectivity index (χ4n) is 3.35. The lowest BCUT2D eigenvalue weighted by Crippen LogP contribution is -2.30. The van der Waals surface area contributed by atoms with E-state index in [0.717, 1.165) is 17.0 Å². The fourth-order valence-corrected chi connectivity index (χ4v) is 3.35. The first-order valence-corrected chi connectivity index (χ1v) is 9.28. The molecule has 1 heterocycles. The molecule has 5 nitrogen and oxygen atoms in total. The van der Waals surface area contributed by atoms with Gasteiger partial charge in [-0.15, -0.1) is 0 Å². The minimum Gasteiger partial charge on any atom is -0.348 e. The van der Waals surface area contributed by atoms with Crippen molar-refractivity contribution >= 4 is 23.4 Å². The number of anilines is 1. The molecule has 0 atom stereocenters. The zero-order valence-electron chi connectivity index (χ0n) is 15.9. The number of imide groups is 1. The summed E-state index contributed by atoms with van der Waals surface area (Å²) in [5, 5.41) is 2.56. The molecule has 0 aromatic heterocycles. The number of hydrogen-bond acceptors (Lipinski definition) is 3.